The minimum atomic E-state index is -3.73. The average Bonchev–Trinajstić information content (AvgIpc) is 2.36. The van der Waals surface area contributed by atoms with E-state index in [9.17, 15) is 8.42 Å². The normalized spacial score (nSPS) is 11.3. The van der Waals surface area contributed by atoms with Crippen molar-refractivity contribution in [1.29, 1.82) is 0 Å². The smallest absolute Gasteiger partial charge is 0.262 e. The molecule has 0 heterocycles. The summed E-state index contributed by atoms with van der Waals surface area (Å²) in [7, 11) is -3.73. The van der Waals surface area contributed by atoms with Gasteiger partial charge in [-0.3, -0.25) is 4.72 Å². The van der Waals surface area contributed by atoms with Crippen molar-refractivity contribution in [3.8, 4) is 0 Å². The molecule has 0 saturated carbocycles. The van der Waals surface area contributed by atoms with Gasteiger partial charge >= 0.3 is 0 Å². The molecule has 0 fully saturated rings. The van der Waals surface area contributed by atoms with Gasteiger partial charge in [-0.05, 0) is 42.8 Å². The largest absolute Gasteiger partial charge is 0.398 e. The number of hydrogen-bond acceptors (Lipinski definition) is 3. The highest BCUT2D eigenvalue weighted by Crippen LogP contribution is 2.27. The summed E-state index contributed by atoms with van der Waals surface area (Å²) in [5, 5.41) is 0.630. The molecular formula is C13H12Cl2N2O2S. The number of anilines is 2. The maximum absolute atomic E-state index is 12.3. The Hall–Kier alpha value is -1.43. The third-order valence-corrected chi connectivity index (χ3v) is 5.05. The summed E-state index contributed by atoms with van der Waals surface area (Å²) in [6.07, 6.45) is 0. The number of benzene rings is 2. The fourth-order valence-corrected chi connectivity index (χ4v) is 3.32. The molecule has 4 nitrogen and oxygen atoms in total. The number of hydrogen-bond donors (Lipinski definition) is 2. The van der Waals surface area contributed by atoms with Crippen LogP contribution in [0.1, 0.15) is 5.56 Å². The molecule has 0 bridgehead atoms. The van der Waals surface area contributed by atoms with Gasteiger partial charge in [-0.25, -0.2) is 8.42 Å². The lowest BCUT2D eigenvalue weighted by atomic mass is 10.2. The van der Waals surface area contributed by atoms with Gasteiger partial charge in [0, 0.05) is 5.69 Å². The number of halogens is 2. The summed E-state index contributed by atoms with van der Waals surface area (Å²) in [4.78, 5) is 0.128. The molecule has 2 aromatic carbocycles. The number of nitrogen functional groups attached to an aromatic ring is 1. The molecule has 0 spiro atoms. The predicted molar refractivity (Wildman–Crippen MR) is 82.9 cm³/mol. The molecule has 0 atom stereocenters. The molecule has 0 aliphatic carbocycles. The Morgan fingerprint density at radius 2 is 1.80 bits per heavy atom. The third-order valence-electron chi connectivity index (χ3n) is 2.79. The van der Waals surface area contributed by atoms with Crippen LogP contribution in [0, 0.1) is 6.92 Å². The van der Waals surface area contributed by atoms with Gasteiger partial charge in [0.1, 0.15) is 0 Å². The highest BCUT2D eigenvalue weighted by Gasteiger charge is 2.18. The van der Waals surface area contributed by atoms with Crippen LogP contribution in [0.15, 0.2) is 41.3 Å². The maximum Gasteiger partial charge on any atom is 0.262 e. The second kappa shape index (κ2) is 5.52. The van der Waals surface area contributed by atoms with E-state index in [1.54, 1.807) is 19.1 Å². The van der Waals surface area contributed by atoms with Crippen LogP contribution >= 0.6 is 23.2 Å². The van der Waals surface area contributed by atoms with E-state index < -0.39 is 10.0 Å². The van der Waals surface area contributed by atoms with Gasteiger partial charge in [-0.1, -0.05) is 29.3 Å². The minimum Gasteiger partial charge on any atom is -0.398 e. The molecular weight excluding hydrogens is 319 g/mol. The zero-order chi connectivity index (χ0) is 14.9. The van der Waals surface area contributed by atoms with Crippen molar-refractivity contribution >= 4 is 44.6 Å². The molecule has 20 heavy (non-hydrogen) atoms. The van der Waals surface area contributed by atoms with Gasteiger partial charge in [-0.2, -0.15) is 0 Å². The van der Waals surface area contributed by atoms with Crippen molar-refractivity contribution in [1.82, 2.24) is 0 Å². The molecule has 7 heteroatoms. The topological polar surface area (TPSA) is 72.2 Å². The zero-order valence-electron chi connectivity index (χ0n) is 10.5. The molecule has 3 N–H and O–H groups in total. The molecule has 0 aromatic heterocycles. The average molecular weight is 331 g/mol. The van der Waals surface area contributed by atoms with Crippen molar-refractivity contribution in [3.05, 3.63) is 52.0 Å². The highest BCUT2D eigenvalue weighted by molar-refractivity contribution is 7.92. The molecule has 0 radical (unpaired) electrons. The Morgan fingerprint density at radius 1 is 1.10 bits per heavy atom. The first kappa shape index (κ1) is 15.0. The van der Waals surface area contributed by atoms with Crippen LogP contribution < -0.4 is 10.5 Å². The number of nitrogens with one attached hydrogen (secondary N) is 1. The van der Waals surface area contributed by atoms with Crippen molar-refractivity contribution in [3.63, 3.8) is 0 Å². The van der Waals surface area contributed by atoms with Gasteiger partial charge in [0.25, 0.3) is 10.0 Å². The SMILES string of the molecule is Cc1c(N)cccc1S(=O)(=O)Nc1ccc(Cl)c(Cl)c1. The summed E-state index contributed by atoms with van der Waals surface area (Å²) in [6.45, 7) is 1.65. The Bertz CT molecular complexity index is 761. The van der Waals surface area contributed by atoms with Crippen LogP contribution in [0.2, 0.25) is 10.0 Å². The first-order valence-electron chi connectivity index (χ1n) is 5.64. The monoisotopic (exact) mass is 330 g/mol. The number of sulfonamides is 1. The van der Waals surface area contributed by atoms with E-state index in [0.717, 1.165) is 0 Å². The Labute approximate surface area is 127 Å². The van der Waals surface area contributed by atoms with Crippen molar-refractivity contribution in [2.45, 2.75) is 11.8 Å². The summed E-state index contributed by atoms with van der Waals surface area (Å²) < 4.78 is 27.1. The van der Waals surface area contributed by atoms with Crippen LogP contribution in [0.25, 0.3) is 0 Å². The van der Waals surface area contributed by atoms with Gasteiger partial charge in [-0.15, -0.1) is 0 Å². The lowest BCUT2D eigenvalue weighted by Crippen LogP contribution is -2.14. The summed E-state index contributed by atoms with van der Waals surface area (Å²) >= 11 is 11.6. The van der Waals surface area contributed by atoms with Crippen LogP contribution in [0.3, 0.4) is 0 Å². The lowest BCUT2D eigenvalue weighted by Gasteiger charge is -2.12. The van der Waals surface area contributed by atoms with Gasteiger partial charge in [0.2, 0.25) is 0 Å². The Kier molecular flexibility index (Phi) is 4.13. The fraction of sp³-hybridized carbons (Fsp3) is 0.0769. The van der Waals surface area contributed by atoms with E-state index in [-0.39, 0.29) is 9.92 Å². The summed E-state index contributed by atoms with van der Waals surface area (Å²) in [5.74, 6) is 0. The second-order valence-corrected chi connectivity index (χ2v) is 6.67. The van der Waals surface area contributed by atoms with E-state index >= 15 is 0 Å². The van der Waals surface area contributed by atoms with Crippen molar-refractivity contribution in [2.75, 3.05) is 10.5 Å². The minimum absolute atomic E-state index is 0.128. The maximum atomic E-state index is 12.3. The van der Waals surface area contributed by atoms with E-state index in [2.05, 4.69) is 4.72 Å². The third kappa shape index (κ3) is 3.00. The standard InChI is InChI=1S/C13H12Cl2N2O2S/c1-8-12(16)3-2-4-13(8)20(18,19)17-9-5-6-10(14)11(15)7-9/h2-7,17H,16H2,1H3. The molecule has 0 aliphatic rings. The fourth-order valence-electron chi connectivity index (χ4n) is 1.69. The van der Waals surface area contributed by atoms with Crippen LogP contribution in [0.5, 0.6) is 0 Å². The van der Waals surface area contributed by atoms with Crippen molar-refractivity contribution in [2.24, 2.45) is 0 Å². The first-order valence-corrected chi connectivity index (χ1v) is 7.88. The number of rotatable bonds is 3. The van der Waals surface area contributed by atoms with Crippen LogP contribution in [-0.4, -0.2) is 8.42 Å². The van der Waals surface area contributed by atoms with Crippen LogP contribution in [-0.2, 0) is 10.0 Å². The van der Waals surface area contributed by atoms with E-state index in [4.69, 9.17) is 28.9 Å². The van der Waals surface area contributed by atoms with Crippen molar-refractivity contribution < 1.29 is 8.42 Å². The zero-order valence-corrected chi connectivity index (χ0v) is 12.9. The van der Waals surface area contributed by atoms with Gasteiger partial charge in [0.15, 0.2) is 0 Å². The Balaban J connectivity index is 2.41. The van der Waals surface area contributed by atoms with Gasteiger partial charge in [0.05, 0.1) is 20.6 Å². The molecule has 2 rings (SSSR count). The molecule has 0 amide bonds. The molecule has 0 saturated heterocycles. The van der Waals surface area contributed by atoms with E-state index in [1.165, 1.54) is 24.3 Å². The molecule has 0 unspecified atom stereocenters. The van der Waals surface area contributed by atoms with Crippen LogP contribution in [0.4, 0.5) is 11.4 Å². The number of nitrogens with two attached hydrogens (primary N) is 1. The Morgan fingerprint density at radius 3 is 2.45 bits per heavy atom. The lowest BCUT2D eigenvalue weighted by molar-refractivity contribution is 0.600. The molecule has 0 aliphatic heterocycles. The first-order chi connectivity index (χ1) is 9.31. The summed E-state index contributed by atoms with van der Waals surface area (Å²) in [6, 6.07) is 9.23. The summed E-state index contributed by atoms with van der Waals surface area (Å²) in [5.41, 5.74) is 6.98. The van der Waals surface area contributed by atoms with E-state index in [0.29, 0.717) is 22.0 Å². The second-order valence-electron chi connectivity index (χ2n) is 4.20. The quantitative estimate of drug-likeness (QED) is 0.843. The van der Waals surface area contributed by atoms with Gasteiger partial charge < -0.3 is 5.73 Å². The highest BCUT2D eigenvalue weighted by atomic mass is 35.5. The predicted octanol–water partition coefficient (Wildman–Crippen LogP) is 3.68. The molecule has 106 valence electrons. The van der Waals surface area contributed by atoms with E-state index in [1.807, 2.05) is 0 Å². The molecule has 2 aromatic rings.